The first-order valence-corrected chi connectivity index (χ1v) is 9.66. The van der Waals surface area contributed by atoms with Gasteiger partial charge in [-0.1, -0.05) is 0 Å². The number of nitrogens with zero attached hydrogens (tertiary/aromatic N) is 1. The highest BCUT2D eigenvalue weighted by Crippen LogP contribution is 2.37. The van der Waals surface area contributed by atoms with Gasteiger partial charge >= 0.3 is 0 Å². The fourth-order valence-corrected chi connectivity index (χ4v) is 3.96. The molecule has 0 aromatic heterocycles. The van der Waals surface area contributed by atoms with Crippen LogP contribution in [0.1, 0.15) is 18.9 Å². The lowest BCUT2D eigenvalue weighted by molar-refractivity contribution is -0.122. The van der Waals surface area contributed by atoms with Gasteiger partial charge in [-0.05, 0) is 71.5 Å². The number of rotatable bonds is 8. The predicted octanol–water partition coefficient (Wildman–Crippen LogP) is 3.77. The van der Waals surface area contributed by atoms with Crippen LogP contribution in [0.5, 0.6) is 11.5 Å². The van der Waals surface area contributed by atoms with E-state index >= 15 is 0 Å². The standard InChI is InChI=1S/C17H20INO5S/c1-4-24-15-12(18)8-11(9-13(15)23-3)10-14-16(20)19(17(21)25-14)6-5-7-22-2/h8-10H,4-7H2,1-3H3/b14-10-. The Morgan fingerprint density at radius 3 is 2.68 bits per heavy atom. The lowest BCUT2D eigenvalue weighted by atomic mass is 10.2. The minimum atomic E-state index is -0.269. The molecule has 25 heavy (non-hydrogen) atoms. The molecule has 136 valence electrons. The molecule has 0 unspecified atom stereocenters. The average Bonchev–Trinajstić information content (AvgIpc) is 2.84. The molecule has 1 aromatic carbocycles. The molecule has 0 bridgehead atoms. The summed E-state index contributed by atoms with van der Waals surface area (Å²) >= 11 is 3.12. The normalized spacial score (nSPS) is 16.0. The largest absolute Gasteiger partial charge is 0.493 e. The van der Waals surface area contributed by atoms with Gasteiger partial charge in [0.15, 0.2) is 11.5 Å². The van der Waals surface area contributed by atoms with Gasteiger partial charge in [0.2, 0.25) is 0 Å². The molecule has 1 aliphatic heterocycles. The number of benzene rings is 1. The fourth-order valence-electron chi connectivity index (χ4n) is 2.32. The summed E-state index contributed by atoms with van der Waals surface area (Å²) in [5, 5.41) is -0.250. The molecule has 0 N–H and O–H groups in total. The Bertz CT molecular complexity index is 692. The maximum absolute atomic E-state index is 12.4. The second kappa shape index (κ2) is 9.44. The van der Waals surface area contributed by atoms with Gasteiger partial charge in [0.25, 0.3) is 11.1 Å². The van der Waals surface area contributed by atoms with E-state index < -0.39 is 0 Å². The summed E-state index contributed by atoms with van der Waals surface area (Å²) in [4.78, 5) is 26.2. The van der Waals surface area contributed by atoms with Crippen LogP contribution < -0.4 is 9.47 Å². The van der Waals surface area contributed by atoms with Crippen LogP contribution in [0.2, 0.25) is 0 Å². The first kappa shape index (κ1) is 20.1. The number of methoxy groups -OCH3 is 2. The van der Waals surface area contributed by atoms with Gasteiger partial charge in [-0.15, -0.1) is 0 Å². The number of amides is 2. The van der Waals surface area contributed by atoms with Gasteiger partial charge in [0.1, 0.15) is 0 Å². The van der Waals surface area contributed by atoms with Gasteiger partial charge in [-0.2, -0.15) is 0 Å². The third-order valence-electron chi connectivity index (χ3n) is 3.44. The van der Waals surface area contributed by atoms with Crippen LogP contribution in [0.3, 0.4) is 0 Å². The Labute approximate surface area is 165 Å². The van der Waals surface area contributed by atoms with Crippen molar-refractivity contribution < 1.29 is 23.8 Å². The van der Waals surface area contributed by atoms with E-state index in [9.17, 15) is 9.59 Å². The quantitative estimate of drug-likeness (QED) is 0.323. The molecule has 1 fully saturated rings. The smallest absolute Gasteiger partial charge is 0.293 e. The average molecular weight is 477 g/mol. The molecule has 8 heteroatoms. The summed E-state index contributed by atoms with van der Waals surface area (Å²) in [5.74, 6) is 1.00. The van der Waals surface area contributed by atoms with E-state index in [0.717, 1.165) is 20.9 Å². The highest BCUT2D eigenvalue weighted by molar-refractivity contribution is 14.1. The van der Waals surface area contributed by atoms with Crippen LogP contribution in [0.25, 0.3) is 6.08 Å². The number of hydrogen-bond donors (Lipinski definition) is 0. The van der Waals surface area contributed by atoms with E-state index in [0.29, 0.717) is 42.6 Å². The maximum Gasteiger partial charge on any atom is 0.293 e. The van der Waals surface area contributed by atoms with Crippen LogP contribution in [0.4, 0.5) is 4.79 Å². The number of imide groups is 1. The van der Waals surface area contributed by atoms with Crippen molar-refractivity contribution in [1.29, 1.82) is 0 Å². The highest BCUT2D eigenvalue weighted by atomic mass is 127. The SMILES string of the molecule is CCOc1c(I)cc(/C=C2\SC(=O)N(CCCOC)C2=O)cc1OC. The van der Waals surface area contributed by atoms with Crippen molar-refractivity contribution in [2.24, 2.45) is 0 Å². The Morgan fingerprint density at radius 1 is 1.28 bits per heavy atom. The summed E-state index contributed by atoms with van der Waals surface area (Å²) in [5.41, 5.74) is 0.784. The molecule has 6 nitrogen and oxygen atoms in total. The summed E-state index contributed by atoms with van der Waals surface area (Å²) in [6.45, 7) is 3.31. The molecular formula is C17H20INO5S. The van der Waals surface area contributed by atoms with E-state index in [1.807, 2.05) is 13.0 Å². The number of carbonyl (C=O) groups is 2. The number of hydrogen-bond acceptors (Lipinski definition) is 6. The van der Waals surface area contributed by atoms with Crippen molar-refractivity contribution in [2.75, 3.05) is 34.0 Å². The Balaban J connectivity index is 2.24. The van der Waals surface area contributed by atoms with Crippen molar-refractivity contribution >= 4 is 51.6 Å². The zero-order chi connectivity index (χ0) is 18.4. The highest BCUT2D eigenvalue weighted by Gasteiger charge is 2.34. The minimum absolute atomic E-state index is 0.250. The molecule has 1 aliphatic rings. The van der Waals surface area contributed by atoms with Gasteiger partial charge < -0.3 is 14.2 Å². The first-order chi connectivity index (χ1) is 12.0. The topological polar surface area (TPSA) is 65.1 Å². The lowest BCUT2D eigenvalue weighted by Crippen LogP contribution is -2.29. The van der Waals surface area contributed by atoms with E-state index in [-0.39, 0.29) is 11.1 Å². The third-order valence-corrected chi connectivity index (χ3v) is 5.15. The molecule has 1 aromatic rings. The van der Waals surface area contributed by atoms with E-state index in [1.54, 1.807) is 26.4 Å². The zero-order valence-corrected chi connectivity index (χ0v) is 17.3. The molecule has 0 spiro atoms. The zero-order valence-electron chi connectivity index (χ0n) is 14.3. The van der Waals surface area contributed by atoms with E-state index in [2.05, 4.69) is 22.6 Å². The molecule has 2 rings (SSSR count). The molecule has 2 amide bonds. The number of halogens is 1. The van der Waals surface area contributed by atoms with Gasteiger partial charge in [0, 0.05) is 20.3 Å². The molecule has 1 heterocycles. The Morgan fingerprint density at radius 2 is 2.04 bits per heavy atom. The second-order valence-corrected chi connectivity index (χ2v) is 7.30. The summed E-state index contributed by atoms with van der Waals surface area (Å²) in [6.07, 6.45) is 2.33. The van der Waals surface area contributed by atoms with Crippen LogP contribution >= 0.6 is 34.4 Å². The maximum atomic E-state index is 12.4. The summed E-state index contributed by atoms with van der Waals surface area (Å²) in [6, 6.07) is 3.69. The van der Waals surface area contributed by atoms with E-state index in [4.69, 9.17) is 14.2 Å². The van der Waals surface area contributed by atoms with Crippen molar-refractivity contribution in [3.63, 3.8) is 0 Å². The Hall–Kier alpha value is -1.26. The van der Waals surface area contributed by atoms with Crippen molar-refractivity contribution in [3.8, 4) is 11.5 Å². The first-order valence-electron chi connectivity index (χ1n) is 7.76. The molecule has 0 saturated carbocycles. The number of thioether (sulfide) groups is 1. The molecule has 0 radical (unpaired) electrons. The third kappa shape index (κ3) is 4.89. The molecular weight excluding hydrogens is 457 g/mol. The summed E-state index contributed by atoms with van der Waals surface area (Å²) in [7, 11) is 3.16. The molecule has 0 atom stereocenters. The van der Waals surface area contributed by atoms with Crippen molar-refractivity contribution in [1.82, 2.24) is 4.90 Å². The second-order valence-electron chi connectivity index (χ2n) is 5.15. The fraction of sp³-hybridized carbons (Fsp3) is 0.412. The Kier molecular flexibility index (Phi) is 7.57. The number of carbonyl (C=O) groups excluding carboxylic acids is 2. The monoisotopic (exact) mass is 477 g/mol. The van der Waals surface area contributed by atoms with Gasteiger partial charge in [-0.3, -0.25) is 14.5 Å². The van der Waals surface area contributed by atoms with Crippen LogP contribution in [0, 0.1) is 3.57 Å². The van der Waals surface area contributed by atoms with Crippen molar-refractivity contribution in [3.05, 3.63) is 26.2 Å². The number of ether oxygens (including phenoxy) is 3. The molecule has 1 saturated heterocycles. The predicted molar refractivity (Wildman–Crippen MR) is 106 cm³/mol. The molecule has 0 aliphatic carbocycles. The van der Waals surface area contributed by atoms with Crippen LogP contribution in [-0.4, -0.2) is 50.0 Å². The van der Waals surface area contributed by atoms with E-state index in [1.165, 1.54) is 4.90 Å². The van der Waals surface area contributed by atoms with Crippen LogP contribution in [0.15, 0.2) is 17.0 Å². The van der Waals surface area contributed by atoms with Gasteiger partial charge in [-0.25, -0.2) is 0 Å². The summed E-state index contributed by atoms with van der Waals surface area (Å²) < 4.78 is 16.8. The lowest BCUT2D eigenvalue weighted by Gasteiger charge is -2.12. The van der Waals surface area contributed by atoms with Gasteiger partial charge in [0.05, 0.1) is 22.2 Å². The van der Waals surface area contributed by atoms with Crippen molar-refractivity contribution in [2.45, 2.75) is 13.3 Å². The van der Waals surface area contributed by atoms with Crippen LogP contribution in [-0.2, 0) is 9.53 Å². The minimum Gasteiger partial charge on any atom is -0.493 e.